The molecule has 1 saturated carbocycles. The Labute approximate surface area is 144 Å². The quantitative estimate of drug-likeness (QED) is 0.814. The van der Waals surface area contributed by atoms with Crippen molar-refractivity contribution in [2.24, 2.45) is 23.7 Å². The average molecular weight is 353 g/mol. The highest BCUT2D eigenvalue weighted by atomic mass is 19.3. The maximum absolute atomic E-state index is 12.6. The molecule has 1 aromatic carbocycles. The van der Waals surface area contributed by atoms with Gasteiger partial charge in [-0.25, -0.2) is 0 Å². The van der Waals surface area contributed by atoms with Gasteiger partial charge in [-0.05, 0) is 41.4 Å². The molecule has 0 bridgehead atoms. The average Bonchev–Trinajstić information content (AvgIpc) is 3.14. The smallest absolute Gasteiger partial charge is 0.387 e. The molecular weight excluding hydrogens is 332 g/mol. The van der Waals surface area contributed by atoms with E-state index in [1.165, 1.54) is 13.2 Å². The van der Waals surface area contributed by atoms with E-state index in [1.54, 1.807) is 12.1 Å². The molecule has 0 radical (unpaired) electrons. The molecular formula is C18H21F2NO4. The molecule has 25 heavy (non-hydrogen) atoms. The van der Waals surface area contributed by atoms with Crippen molar-refractivity contribution >= 4 is 5.91 Å². The summed E-state index contributed by atoms with van der Waals surface area (Å²) in [5.74, 6) is 2.54. The maximum Gasteiger partial charge on any atom is 0.387 e. The summed E-state index contributed by atoms with van der Waals surface area (Å²) in [7, 11) is 1.39. The first-order valence-corrected chi connectivity index (χ1v) is 8.54. The van der Waals surface area contributed by atoms with E-state index in [0.717, 1.165) is 26.3 Å². The van der Waals surface area contributed by atoms with Crippen LogP contribution in [-0.4, -0.2) is 50.8 Å². The third-order valence-electron chi connectivity index (χ3n) is 5.83. The number of hydrogen-bond donors (Lipinski definition) is 0. The van der Waals surface area contributed by atoms with E-state index in [4.69, 9.17) is 9.47 Å². The Kier molecular flexibility index (Phi) is 4.27. The minimum atomic E-state index is -2.93. The van der Waals surface area contributed by atoms with E-state index in [9.17, 15) is 13.6 Å². The number of fused-ring (bicyclic) bond motifs is 4. The predicted octanol–water partition coefficient (Wildman–Crippen LogP) is 2.19. The van der Waals surface area contributed by atoms with Gasteiger partial charge in [0.25, 0.3) is 0 Å². The lowest BCUT2D eigenvalue weighted by molar-refractivity contribution is -0.129. The van der Waals surface area contributed by atoms with Gasteiger partial charge in [-0.2, -0.15) is 8.78 Å². The summed E-state index contributed by atoms with van der Waals surface area (Å²) in [4.78, 5) is 14.5. The van der Waals surface area contributed by atoms with Gasteiger partial charge < -0.3 is 19.1 Å². The van der Waals surface area contributed by atoms with Crippen LogP contribution in [0, 0.1) is 23.7 Å². The van der Waals surface area contributed by atoms with Crippen molar-refractivity contribution in [3.63, 3.8) is 0 Å². The summed E-state index contributed by atoms with van der Waals surface area (Å²) in [6, 6.07) is 4.72. The van der Waals surface area contributed by atoms with Gasteiger partial charge in [-0.15, -0.1) is 0 Å². The van der Waals surface area contributed by atoms with Crippen molar-refractivity contribution in [1.29, 1.82) is 0 Å². The minimum absolute atomic E-state index is 0.0292. The standard InChI is InChI=1S/C18H21F2NO4/c1-23-15-3-2-10(4-16(15)25-18(19)20)5-17(22)21-6-11-12(7-21)14-9-24-8-13(11)14/h2-4,11-14,18H,5-9H2,1H3. The molecule has 2 saturated heterocycles. The highest BCUT2D eigenvalue weighted by molar-refractivity contribution is 5.79. The van der Waals surface area contributed by atoms with Crippen molar-refractivity contribution in [3.8, 4) is 11.5 Å². The van der Waals surface area contributed by atoms with Crippen LogP contribution in [0.15, 0.2) is 18.2 Å². The molecule has 2 aliphatic heterocycles. The second kappa shape index (κ2) is 6.44. The van der Waals surface area contributed by atoms with Gasteiger partial charge in [0.15, 0.2) is 11.5 Å². The van der Waals surface area contributed by atoms with E-state index in [-0.39, 0.29) is 23.8 Å². The Morgan fingerprint density at radius 2 is 1.88 bits per heavy atom. The topological polar surface area (TPSA) is 48.0 Å². The number of amides is 1. The fourth-order valence-electron chi connectivity index (χ4n) is 4.59. The van der Waals surface area contributed by atoms with E-state index in [0.29, 0.717) is 29.2 Å². The molecule has 5 nitrogen and oxygen atoms in total. The zero-order valence-corrected chi connectivity index (χ0v) is 14.0. The van der Waals surface area contributed by atoms with Gasteiger partial charge in [0.05, 0.1) is 26.7 Å². The van der Waals surface area contributed by atoms with Gasteiger partial charge >= 0.3 is 6.61 Å². The molecule has 4 atom stereocenters. The fourth-order valence-corrected chi connectivity index (χ4v) is 4.59. The first-order chi connectivity index (χ1) is 12.1. The van der Waals surface area contributed by atoms with Crippen LogP contribution in [0.2, 0.25) is 0 Å². The summed E-state index contributed by atoms with van der Waals surface area (Å²) in [5, 5.41) is 0. The van der Waals surface area contributed by atoms with Crippen LogP contribution in [0.25, 0.3) is 0 Å². The summed E-state index contributed by atoms with van der Waals surface area (Å²) in [6.07, 6.45) is 0.175. The van der Waals surface area contributed by atoms with Crippen molar-refractivity contribution in [1.82, 2.24) is 4.90 Å². The molecule has 0 spiro atoms. The van der Waals surface area contributed by atoms with Crippen LogP contribution in [-0.2, 0) is 16.0 Å². The lowest BCUT2D eigenvalue weighted by Gasteiger charge is -2.42. The number of nitrogens with zero attached hydrogens (tertiary/aromatic N) is 1. The Hall–Kier alpha value is -1.89. The fraction of sp³-hybridized carbons (Fsp3) is 0.611. The molecule has 3 aliphatic rings. The molecule has 1 aromatic rings. The first-order valence-electron chi connectivity index (χ1n) is 8.54. The van der Waals surface area contributed by atoms with Gasteiger partial charge in [-0.1, -0.05) is 6.07 Å². The van der Waals surface area contributed by atoms with Gasteiger partial charge in [0.1, 0.15) is 0 Å². The van der Waals surface area contributed by atoms with Crippen molar-refractivity contribution < 1.29 is 27.8 Å². The van der Waals surface area contributed by atoms with Crippen LogP contribution in [0.5, 0.6) is 11.5 Å². The Bertz CT molecular complexity index is 650. The third kappa shape index (κ3) is 2.94. The monoisotopic (exact) mass is 353 g/mol. The molecule has 0 aromatic heterocycles. The largest absolute Gasteiger partial charge is 0.493 e. The molecule has 1 amide bonds. The Balaban J connectivity index is 1.41. The second-order valence-corrected chi connectivity index (χ2v) is 7.03. The zero-order valence-electron chi connectivity index (χ0n) is 14.0. The number of carbonyl (C=O) groups is 1. The van der Waals surface area contributed by atoms with Gasteiger partial charge in [-0.3, -0.25) is 4.79 Å². The molecule has 7 heteroatoms. The highest BCUT2D eigenvalue weighted by Gasteiger charge is 2.57. The van der Waals surface area contributed by atoms with E-state index >= 15 is 0 Å². The van der Waals surface area contributed by atoms with Crippen molar-refractivity contribution in [2.75, 3.05) is 33.4 Å². The predicted molar refractivity (Wildman–Crippen MR) is 84.7 cm³/mol. The van der Waals surface area contributed by atoms with Crippen molar-refractivity contribution in [2.45, 2.75) is 13.0 Å². The normalized spacial score (nSPS) is 30.0. The van der Waals surface area contributed by atoms with Gasteiger partial charge in [0.2, 0.25) is 5.91 Å². The van der Waals surface area contributed by atoms with Crippen LogP contribution in [0.3, 0.4) is 0 Å². The number of benzene rings is 1. The lowest BCUT2D eigenvalue weighted by Crippen LogP contribution is -2.44. The second-order valence-electron chi connectivity index (χ2n) is 7.03. The van der Waals surface area contributed by atoms with Gasteiger partial charge in [0, 0.05) is 13.1 Å². The number of hydrogen-bond acceptors (Lipinski definition) is 4. The highest BCUT2D eigenvalue weighted by Crippen LogP contribution is 2.53. The number of methoxy groups -OCH3 is 1. The molecule has 0 N–H and O–H groups in total. The minimum Gasteiger partial charge on any atom is -0.493 e. The Morgan fingerprint density at radius 1 is 1.20 bits per heavy atom. The van der Waals surface area contributed by atoms with Crippen LogP contribution < -0.4 is 9.47 Å². The number of carbonyl (C=O) groups excluding carboxylic acids is 1. The number of likely N-dealkylation sites (tertiary alicyclic amines) is 1. The number of halogens is 2. The molecule has 136 valence electrons. The van der Waals surface area contributed by atoms with Crippen molar-refractivity contribution in [3.05, 3.63) is 23.8 Å². The molecule has 3 fully saturated rings. The van der Waals surface area contributed by atoms with Crippen LogP contribution in [0.4, 0.5) is 8.78 Å². The lowest BCUT2D eigenvalue weighted by atomic mass is 9.60. The zero-order chi connectivity index (χ0) is 17.6. The van der Waals surface area contributed by atoms with Crippen LogP contribution >= 0.6 is 0 Å². The summed E-state index contributed by atoms with van der Waals surface area (Å²) >= 11 is 0. The number of alkyl halides is 2. The third-order valence-corrected chi connectivity index (χ3v) is 5.83. The number of rotatable bonds is 5. The molecule has 4 rings (SSSR count). The van der Waals surface area contributed by atoms with Crippen LogP contribution in [0.1, 0.15) is 5.56 Å². The first kappa shape index (κ1) is 16.6. The SMILES string of the molecule is COc1ccc(CC(=O)N2CC3C4COCC4C3C2)cc1OC(F)F. The number of ether oxygens (including phenoxy) is 3. The molecule has 1 aliphatic carbocycles. The van der Waals surface area contributed by atoms with E-state index < -0.39 is 6.61 Å². The molecule has 4 unspecified atom stereocenters. The molecule has 2 heterocycles. The summed E-state index contributed by atoms with van der Waals surface area (Å²) < 4.78 is 40.1. The van der Waals surface area contributed by atoms with E-state index in [2.05, 4.69) is 4.74 Å². The summed E-state index contributed by atoms with van der Waals surface area (Å²) in [5.41, 5.74) is 0.643. The summed E-state index contributed by atoms with van der Waals surface area (Å²) in [6.45, 7) is 0.270. The Morgan fingerprint density at radius 3 is 2.48 bits per heavy atom. The maximum atomic E-state index is 12.6. The van der Waals surface area contributed by atoms with E-state index in [1.807, 2.05) is 4.90 Å².